The molecule has 4 rings (SSSR count). The van der Waals surface area contributed by atoms with Crippen molar-refractivity contribution in [2.24, 2.45) is 0 Å². The molecule has 2 heterocycles. The van der Waals surface area contributed by atoms with Gasteiger partial charge in [0.1, 0.15) is 5.82 Å². The van der Waals surface area contributed by atoms with Gasteiger partial charge in [0, 0.05) is 28.3 Å². The summed E-state index contributed by atoms with van der Waals surface area (Å²) in [4.78, 5) is 4.35. The fraction of sp³-hybridized carbons (Fsp3) is 0. The lowest BCUT2D eigenvalue weighted by Gasteiger charge is -2.06. The molecule has 0 fully saturated rings. The Morgan fingerprint density at radius 3 is 2.61 bits per heavy atom. The summed E-state index contributed by atoms with van der Waals surface area (Å²) in [5.74, 6) is -0.432. The van der Waals surface area contributed by atoms with Crippen molar-refractivity contribution in [2.45, 2.75) is 0 Å². The molecule has 0 amide bonds. The Morgan fingerprint density at radius 2 is 1.78 bits per heavy atom. The summed E-state index contributed by atoms with van der Waals surface area (Å²) in [7, 11) is 0. The van der Waals surface area contributed by atoms with Gasteiger partial charge in [-0.05, 0) is 12.1 Å². The molecule has 5 heteroatoms. The van der Waals surface area contributed by atoms with E-state index in [-0.39, 0.29) is 5.69 Å². The molecule has 2 aromatic carbocycles. The number of aromatic amines is 1. The molecule has 4 aromatic rings. The highest BCUT2D eigenvalue weighted by molar-refractivity contribution is 5.94. The molecule has 0 aliphatic rings. The zero-order valence-electron chi connectivity index (χ0n) is 12.1. The van der Waals surface area contributed by atoms with E-state index < -0.39 is 5.82 Å². The van der Waals surface area contributed by atoms with E-state index in [0.717, 1.165) is 22.2 Å². The maximum absolute atomic E-state index is 13.7. The number of halogens is 1. The van der Waals surface area contributed by atoms with E-state index in [1.165, 1.54) is 6.07 Å². The molecule has 3 N–H and O–H groups in total. The van der Waals surface area contributed by atoms with E-state index in [1.807, 2.05) is 36.4 Å². The number of para-hydroxylation sites is 1. The number of H-pyrrole nitrogens is 1. The predicted octanol–water partition coefficient (Wildman–Crippen LogP) is 4.01. The van der Waals surface area contributed by atoms with Crippen LogP contribution in [0.1, 0.15) is 0 Å². The van der Waals surface area contributed by atoms with Crippen LogP contribution >= 0.6 is 0 Å². The molecule has 0 saturated heterocycles. The zero-order valence-corrected chi connectivity index (χ0v) is 12.1. The first-order chi connectivity index (χ1) is 11.2. The van der Waals surface area contributed by atoms with Crippen LogP contribution in [0.3, 0.4) is 0 Å². The maximum atomic E-state index is 13.7. The van der Waals surface area contributed by atoms with Crippen LogP contribution in [0.15, 0.2) is 60.8 Å². The van der Waals surface area contributed by atoms with Crippen molar-refractivity contribution >= 4 is 16.7 Å². The molecule has 112 valence electrons. The van der Waals surface area contributed by atoms with E-state index in [0.29, 0.717) is 11.2 Å². The summed E-state index contributed by atoms with van der Waals surface area (Å²) < 4.78 is 13.7. The van der Waals surface area contributed by atoms with Crippen molar-refractivity contribution in [3.05, 3.63) is 66.6 Å². The third-order valence-electron chi connectivity index (χ3n) is 3.84. The number of aromatic nitrogens is 3. The van der Waals surface area contributed by atoms with Crippen LogP contribution in [0, 0.1) is 5.82 Å². The second-order valence-corrected chi connectivity index (χ2v) is 5.26. The number of pyridine rings is 1. The van der Waals surface area contributed by atoms with E-state index in [4.69, 9.17) is 5.73 Å². The van der Waals surface area contributed by atoms with Crippen molar-refractivity contribution in [1.29, 1.82) is 0 Å². The van der Waals surface area contributed by atoms with Gasteiger partial charge in [-0.25, -0.2) is 9.37 Å². The molecule has 2 aromatic heterocycles. The van der Waals surface area contributed by atoms with Crippen molar-refractivity contribution in [2.75, 3.05) is 5.73 Å². The lowest BCUT2D eigenvalue weighted by Crippen LogP contribution is -1.94. The fourth-order valence-electron chi connectivity index (χ4n) is 2.66. The Hall–Kier alpha value is -3.21. The van der Waals surface area contributed by atoms with Gasteiger partial charge in [-0.15, -0.1) is 0 Å². The summed E-state index contributed by atoms with van der Waals surface area (Å²) in [6.45, 7) is 0. The fourth-order valence-corrected chi connectivity index (χ4v) is 2.66. The van der Waals surface area contributed by atoms with Gasteiger partial charge in [-0.2, -0.15) is 5.10 Å². The smallest absolute Gasteiger partial charge is 0.181 e. The quantitative estimate of drug-likeness (QED) is 0.550. The van der Waals surface area contributed by atoms with E-state index >= 15 is 0 Å². The number of fused-ring (bicyclic) bond motifs is 1. The van der Waals surface area contributed by atoms with Crippen LogP contribution < -0.4 is 5.73 Å². The van der Waals surface area contributed by atoms with Crippen LogP contribution in [-0.2, 0) is 0 Å². The number of benzene rings is 2. The largest absolute Gasteiger partial charge is 0.396 e. The number of nitrogens with zero attached hydrogens (tertiary/aromatic N) is 2. The number of nitrogens with one attached hydrogen (secondary N) is 1. The number of rotatable bonds is 2. The van der Waals surface area contributed by atoms with Gasteiger partial charge < -0.3 is 5.73 Å². The van der Waals surface area contributed by atoms with Crippen molar-refractivity contribution in [1.82, 2.24) is 15.2 Å². The molecule has 0 radical (unpaired) electrons. The van der Waals surface area contributed by atoms with Gasteiger partial charge in [0.25, 0.3) is 0 Å². The molecule has 0 aliphatic carbocycles. The Bertz CT molecular complexity index is 993. The average Bonchev–Trinajstić information content (AvgIpc) is 3.01. The number of nitrogens with two attached hydrogens (primary N) is 1. The van der Waals surface area contributed by atoms with Crippen LogP contribution in [0.4, 0.5) is 10.1 Å². The highest BCUT2D eigenvalue weighted by Gasteiger charge is 2.12. The van der Waals surface area contributed by atoms with Crippen LogP contribution in [0.25, 0.3) is 33.4 Å². The topological polar surface area (TPSA) is 67.6 Å². The first kappa shape index (κ1) is 13.5. The van der Waals surface area contributed by atoms with Gasteiger partial charge in [0.15, 0.2) is 5.65 Å². The Kier molecular flexibility index (Phi) is 3.05. The normalized spacial score (nSPS) is 11.0. The second-order valence-electron chi connectivity index (χ2n) is 5.26. The molecule has 4 nitrogen and oxygen atoms in total. The monoisotopic (exact) mass is 304 g/mol. The molecular formula is C18H13FN4. The van der Waals surface area contributed by atoms with Crippen LogP contribution in [-0.4, -0.2) is 15.2 Å². The summed E-state index contributed by atoms with van der Waals surface area (Å²) in [5, 5.41) is 8.12. The minimum atomic E-state index is -0.432. The Morgan fingerprint density at radius 1 is 0.957 bits per heavy atom. The number of anilines is 1. The highest BCUT2D eigenvalue weighted by atomic mass is 19.1. The summed E-state index contributed by atoms with van der Waals surface area (Å²) >= 11 is 0. The van der Waals surface area contributed by atoms with E-state index in [1.54, 1.807) is 18.3 Å². The minimum Gasteiger partial charge on any atom is -0.396 e. The lowest BCUT2D eigenvalue weighted by atomic mass is 10.0. The molecule has 23 heavy (non-hydrogen) atoms. The molecule has 0 saturated carbocycles. The minimum absolute atomic E-state index is 0.124. The van der Waals surface area contributed by atoms with Gasteiger partial charge in [-0.1, -0.05) is 42.5 Å². The SMILES string of the molecule is Nc1c(F)cccc1-c1cnc2n[nH]c(-c3ccccc3)c2c1. The van der Waals surface area contributed by atoms with Gasteiger partial charge in [0.05, 0.1) is 11.4 Å². The average molecular weight is 304 g/mol. The molecule has 0 bridgehead atoms. The second kappa shape index (κ2) is 5.21. The Balaban J connectivity index is 1.92. The standard InChI is InChI=1S/C18H13FN4/c19-15-8-4-7-13(16(15)20)12-9-14-17(11-5-2-1-3-6-11)22-23-18(14)21-10-12/h1-10H,20H2,(H,21,22,23). The van der Waals surface area contributed by atoms with E-state index in [9.17, 15) is 4.39 Å². The summed E-state index contributed by atoms with van der Waals surface area (Å²) in [6, 6.07) is 16.6. The van der Waals surface area contributed by atoms with Crippen LogP contribution in [0.5, 0.6) is 0 Å². The summed E-state index contributed by atoms with van der Waals surface area (Å²) in [5.41, 5.74) is 9.87. The Labute approximate surface area is 131 Å². The molecule has 0 unspecified atom stereocenters. The zero-order chi connectivity index (χ0) is 15.8. The highest BCUT2D eigenvalue weighted by Crippen LogP contribution is 2.32. The molecular weight excluding hydrogens is 291 g/mol. The number of hydrogen-bond donors (Lipinski definition) is 2. The summed E-state index contributed by atoms with van der Waals surface area (Å²) in [6.07, 6.45) is 1.66. The van der Waals surface area contributed by atoms with Crippen molar-refractivity contribution < 1.29 is 4.39 Å². The van der Waals surface area contributed by atoms with Gasteiger partial charge >= 0.3 is 0 Å². The van der Waals surface area contributed by atoms with Crippen LogP contribution in [0.2, 0.25) is 0 Å². The van der Waals surface area contributed by atoms with Gasteiger partial charge in [0.2, 0.25) is 0 Å². The molecule has 0 atom stereocenters. The number of nitrogen functional groups attached to an aromatic ring is 1. The van der Waals surface area contributed by atoms with E-state index in [2.05, 4.69) is 15.2 Å². The van der Waals surface area contributed by atoms with Crippen molar-refractivity contribution in [3.63, 3.8) is 0 Å². The molecule has 0 spiro atoms. The first-order valence-corrected chi connectivity index (χ1v) is 7.18. The first-order valence-electron chi connectivity index (χ1n) is 7.18. The molecule has 0 aliphatic heterocycles. The predicted molar refractivity (Wildman–Crippen MR) is 89.1 cm³/mol. The third kappa shape index (κ3) is 2.23. The number of hydrogen-bond acceptors (Lipinski definition) is 3. The lowest BCUT2D eigenvalue weighted by molar-refractivity contribution is 0.633. The van der Waals surface area contributed by atoms with Crippen molar-refractivity contribution in [3.8, 4) is 22.4 Å². The third-order valence-corrected chi connectivity index (χ3v) is 3.84. The maximum Gasteiger partial charge on any atom is 0.181 e. The van der Waals surface area contributed by atoms with Gasteiger partial charge in [-0.3, -0.25) is 5.10 Å².